The molecule has 0 unspecified atom stereocenters. The average molecular weight is 309 g/mol. The molecule has 0 saturated carbocycles. The van der Waals surface area contributed by atoms with Crippen LogP contribution in [0.4, 0.5) is 0 Å². The molecule has 21 heavy (non-hydrogen) atoms. The van der Waals surface area contributed by atoms with E-state index in [4.69, 9.17) is 4.42 Å². The smallest absolute Gasteiger partial charge is 0.211 e. The number of fused-ring (bicyclic) bond motifs is 1. The Balaban J connectivity index is 1.67. The first kappa shape index (κ1) is 14.5. The molecule has 0 spiro atoms. The van der Waals surface area contributed by atoms with Gasteiger partial charge in [0.1, 0.15) is 5.52 Å². The Morgan fingerprint density at radius 2 is 1.95 bits per heavy atom. The van der Waals surface area contributed by atoms with E-state index in [1.807, 2.05) is 25.1 Å². The van der Waals surface area contributed by atoms with Gasteiger partial charge in [-0.3, -0.25) is 4.90 Å². The van der Waals surface area contributed by atoms with Crippen molar-refractivity contribution in [2.24, 2.45) is 0 Å². The van der Waals surface area contributed by atoms with Crippen molar-refractivity contribution in [2.45, 2.75) is 13.5 Å². The number of nitrogens with zero attached hydrogens (tertiary/aromatic N) is 3. The Labute approximate surface area is 124 Å². The van der Waals surface area contributed by atoms with Crippen LogP contribution >= 0.6 is 0 Å². The van der Waals surface area contributed by atoms with Gasteiger partial charge in [-0.15, -0.1) is 0 Å². The van der Waals surface area contributed by atoms with Crippen molar-refractivity contribution in [2.75, 3.05) is 32.4 Å². The van der Waals surface area contributed by atoms with Crippen LogP contribution in [0.25, 0.3) is 11.1 Å². The minimum atomic E-state index is -3.08. The zero-order chi connectivity index (χ0) is 15.0. The van der Waals surface area contributed by atoms with Gasteiger partial charge in [0.15, 0.2) is 5.58 Å². The zero-order valence-corrected chi connectivity index (χ0v) is 13.1. The number of oxazole rings is 1. The largest absolute Gasteiger partial charge is 0.439 e. The summed E-state index contributed by atoms with van der Waals surface area (Å²) in [6, 6.07) is 5.95. The Morgan fingerprint density at radius 1 is 1.24 bits per heavy atom. The number of aryl methyl sites for hydroxylation is 1. The minimum Gasteiger partial charge on any atom is -0.439 e. The van der Waals surface area contributed by atoms with E-state index in [0.717, 1.165) is 16.7 Å². The molecule has 1 fully saturated rings. The molecule has 1 saturated heterocycles. The van der Waals surface area contributed by atoms with Crippen LogP contribution in [-0.4, -0.2) is 55.0 Å². The van der Waals surface area contributed by atoms with Crippen molar-refractivity contribution < 1.29 is 12.8 Å². The molecule has 6 nitrogen and oxygen atoms in total. The van der Waals surface area contributed by atoms with Crippen molar-refractivity contribution in [1.82, 2.24) is 14.2 Å². The van der Waals surface area contributed by atoms with E-state index in [2.05, 4.69) is 9.88 Å². The first-order valence-electron chi connectivity index (χ1n) is 6.95. The molecule has 0 radical (unpaired) electrons. The number of hydrogen-bond donors (Lipinski definition) is 0. The molecule has 2 aromatic rings. The lowest BCUT2D eigenvalue weighted by Gasteiger charge is -2.32. The van der Waals surface area contributed by atoms with Crippen molar-refractivity contribution in [3.05, 3.63) is 29.7 Å². The monoisotopic (exact) mass is 309 g/mol. The standard InChI is InChI=1S/C14H19N3O3S/c1-11-3-4-12-13(9-11)20-14(15-12)10-16-5-7-17(8-6-16)21(2,18)19/h3-4,9H,5-8,10H2,1-2H3. The summed E-state index contributed by atoms with van der Waals surface area (Å²) in [5, 5.41) is 0. The van der Waals surface area contributed by atoms with Gasteiger partial charge in [-0.1, -0.05) is 6.07 Å². The molecule has 1 aliphatic heterocycles. The highest BCUT2D eigenvalue weighted by Gasteiger charge is 2.24. The lowest BCUT2D eigenvalue weighted by atomic mass is 10.2. The Bertz CT molecular complexity index is 746. The molecule has 0 aliphatic carbocycles. The maximum atomic E-state index is 11.5. The fourth-order valence-electron chi connectivity index (χ4n) is 2.56. The summed E-state index contributed by atoms with van der Waals surface area (Å²) >= 11 is 0. The van der Waals surface area contributed by atoms with E-state index in [0.29, 0.717) is 38.6 Å². The molecule has 2 heterocycles. The molecule has 1 aliphatic rings. The topological polar surface area (TPSA) is 66.7 Å². The van der Waals surface area contributed by atoms with E-state index in [1.165, 1.54) is 10.6 Å². The summed E-state index contributed by atoms with van der Waals surface area (Å²) in [5.74, 6) is 0.684. The number of benzene rings is 1. The van der Waals surface area contributed by atoms with Crippen LogP contribution in [0.2, 0.25) is 0 Å². The zero-order valence-electron chi connectivity index (χ0n) is 12.2. The summed E-state index contributed by atoms with van der Waals surface area (Å²) in [5.41, 5.74) is 2.82. The van der Waals surface area contributed by atoms with Crippen molar-refractivity contribution in [1.29, 1.82) is 0 Å². The van der Waals surface area contributed by atoms with Crippen LogP contribution in [0, 0.1) is 6.92 Å². The van der Waals surface area contributed by atoms with E-state index < -0.39 is 10.0 Å². The van der Waals surface area contributed by atoms with Crippen LogP contribution < -0.4 is 0 Å². The van der Waals surface area contributed by atoms with Crippen LogP contribution in [0.1, 0.15) is 11.5 Å². The van der Waals surface area contributed by atoms with Gasteiger partial charge in [-0.2, -0.15) is 4.31 Å². The van der Waals surface area contributed by atoms with Gasteiger partial charge in [-0.25, -0.2) is 13.4 Å². The second kappa shape index (κ2) is 5.40. The molecule has 7 heteroatoms. The molecule has 0 atom stereocenters. The number of rotatable bonds is 3. The van der Waals surface area contributed by atoms with E-state index in [1.54, 1.807) is 0 Å². The van der Waals surface area contributed by atoms with Gasteiger partial charge < -0.3 is 4.42 Å². The molecular weight excluding hydrogens is 290 g/mol. The fraction of sp³-hybridized carbons (Fsp3) is 0.500. The maximum Gasteiger partial charge on any atom is 0.211 e. The highest BCUT2D eigenvalue weighted by atomic mass is 32.2. The highest BCUT2D eigenvalue weighted by molar-refractivity contribution is 7.88. The lowest BCUT2D eigenvalue weighted by molar-refractivity contribution is 0.170. The fourth-order valence-corrected chi connectivity index (χ4v) is 3.38. The summed E-state index contributed by atoms with van der Waals surface area (Å²) in [6.45, 7) is 5.09. The van der Waals surface area contributed by atoms with Gasteiger partial charge in [0, 0.05) is 26.2 Å². The van der Waals surface area contributed by atoms with E-state index >= 15 is 0 Å². The van der Waals surface area contributed by atoms with Crippen LogP contribution in [-0.2, 0) is 16.6 Å². The second-order valence-corrected chi connectivity index (χ2v) is 7.50. The molecule has 1 aromatic heterocycles. The lowest BCUT2D eigenvalue weighted by Crippen LogP contribution is -2.47. The highest BCUT2D eigenvalue weighted by Crippen LogP contribution is 2.18. The quantitative estimate of drug-likeness (QED) is 0.852. The molecular formula is C14H19N3O3S. The van der Waals surface area contributed by atoms with Gasteiger partial charge >= 0.3 is 0 Å². The Hall–Kier alpha value is -1.44. The third kappa shape index (κ3) is 3.25. The third-order valence-corrected chi connectivity index (χ3v) is 5.05. The summed E-state index contributed by atoms with van der Waals surface area (Å²) in [4.78, 5) is 6.64. The predicted molar refractivity (Wildman–Crippen MR) is 80.4 cm³/mol. The van der Waals surface area contributed by atoms with Crippen molar-refractivity contribution in [3.63, 3.8) is 0 Å². The van der Waals surface area contributed by atoms with Crippen LogP contribution in [0.5, 0.6) is 0 Å². The summed E-state index contributed by atoms with van der Waals surface area (Å²) in [7, 11) is -3.08. The molecule has 114 valence electrons. The predicted octanol–water partition coefficient (Wildman–Crippen LogP) is 1.21. The van der Waals surface area contributed by atoms with Crippen molar-refractivity contribution >= 4 is 21.1 Å². The van der Waals surface area contributed by atoms with Gasteiger partial charge in [0.2, 0.25) is 15.9 Å². The number of hydrogen-bond acceptors (Lipinski definition) is 5. The third-order valence-electron chi connectivity index (χ3n) is 3.75. The molecule has 0 N–H and O–H groups in total. The number of piperazine rings is 1. The van der Waals surface area contributed by atoms with E-state index in [-0.39, 0.29) is 0 Å². The molecule has 3 rings (SSSR count). The SMILES string of the molecule is Cc1ccc2nc(CN3CCN(S(C)(=O)=O)CC3)oc2c1. The first-order valence-corrected chi connectivity index (χ1v) is 8.80. The van der Waals surface area contributed by atoms with Crippen LogP contribution in [0.3, 0.4) is 0 Å². The van der Waals surface area contributed by atoms with Gasteiger partial charge in [0.05, 0.1) is 12.8 Å². The van der Waals surface area contributed by atoms with E-state index in [9.17, 15) is 8.42 Å². The Morgan fingerprint density at radius 3 is 2.62 bits per heavy atom. The molecule has 0 bridgehead atoms. The van der Waals surface area contributed by atoms with Crippen LogP contribution in [0.15, 0.2) is 22.6 Å². The van der Waals surface area contributed by atoms with Crippen molar-refractivity contribution in [3.8, 4) is 0 Å². The molecule has 0 amide bonds. The minimum absolute atomic E-state index is 0.526. The number of aromatic nitrogens is 1. The summed E-state index contributed by atoms with van der Waals surface area (Å²) in [6.07, 6.45) is 1.26. The normalized spacial score (nSPS) is 18.4. The average Bonchev–Trinajstić information content (AvgIpc) is 2.79. The second-order valence-electron chi connectivity index (χ2n) is 5.52. The number of sulfonamides is 1. The maximum absolute atomic E-state index is 11.5. The first-order chi connectivity index (χ1) is 9.91. The van der Waals surface area contributed by atoms with Gasteiger partial charge in [-0.05, 0) is 24.6 Å². The summed E-state index contributed by atoms with van der Waals surface area (Å²) < 4.78 is 30.2. The molecule has 1 aromatic carbocycles. The Kier molecular flexibility index (Phi) is 3.73. The van der Waals surface area contributed by atoms with Gasteiger partial charge in [0.25, 0.3) is 0 Å².